The van der Waals surface area contributed by atoms with Gasteiger partial charge in [-0.2, -0.15) is 0 Å². The molecule has 0 aliphatic carbocycles. The molecule has 1 aliphatic rings. The Bertz CT molecular complexity index is 838. The summed E-state index contributed by atoms with van der Waals surface area (Å²) in [4.78, 5) is 11.0. The van der Waals surface area contributed by atoms with Gasteiger partial charge in [0.25, 0.3) is 0 Å². The minimum atomic E-state index is 0.260. The van der Waals surface area contributed by atoms with E-state index in [1.54, 1.807) is 0 Å². The van der Waals surface area contributed by atoms with E-state index in [0.717, 1.165) is 55.2 Å². The first-order valence-corrected chi connectivity index (χ1v) is 9.14. The number of imidazole rings is 1. The molecule has 1 aromatic carbocycles. The van der Waals surface area contributed by atoms with Gasteiger partial charge in [-0.3, -0.25) is 9.88 Å². The van der Waals surface area contributed by atoms with Gasteiger partial charge in [-0.1, -0.05) is 18.2 Å². The molecule has 0 unspecified atom stereocenters. The van der Waals surface area contributed by atoms with Crippen LogP contribution in [0.2, 0.25) is 0 Å². The molecule has 5 heteroatoms. The maximum atomic E-state index is 6.38. The average Bonchev–Trinajstić information content (AvgIpc) is 3.09. The van der Waals surface area contributed by atoms with Crippen LogP contribution in [0.4, 0.5) is 0 Å². The van der Waals surface area contributed by atoms with E-state index >= 15 is 0 Å². The number of rotatable bonds is 5. The maximum absolute atomic E-state index is 6.38. The van der Waals surface area contributed by atoms with E-state index in [1.165, 1.54) is 0 Å². The number of para-hydroxylation sites is 1. The van der Waals surface area contributed by atoms with Crippen molar-refractivity contribution in [3.05, 3.63) is 67.0 Å². The van der Waals surface area contributed by atoms with Gasteiger partial charge in [-0.25, -0.2) is 4.98 Å². The average molecular weight is 348 g/mol. The summed E-state index contributed by atoms with van der Waals surface area (Å²) in [6.07, 6.45) is 9.84. The highest BCUT2D eigenvalue weighted by atomic mass is 16.5. The molecule has 3 heterocycles. The Labute approximate surface area is 154 Å². The Balaban J connectivity index is 1.39. The van der Waals surface area contributed by atoms with Crippen LogP contribution in [0.3, 0.4) is 0 Å². The van der Waals surface area contributed by atoms with Gasteiger partial charge in [0.15, 0.2) is 0 Å². The summed E-state index contributed by atoms with van der Waals surface area (Å²) < 4.78 is 8.47. The summed E-state index contributed by atoms with van der Waals surface area (Å²) in [5.74, 6) is 2.08. The zero-order valence-corrected chi connectivity index (χ0v) is 15.1. The number of hydrogen-bond donors (Lipinski definition) is 0. The molecule has 0 amide bonds. The molecular weight excluding hydrogens is 324 g/mol. The van der Waals surface area contributed by atoms with Crippen molar-refractivity contribution < 1.29 is 4.74 Å². The number of aromatic nitrogens is 3. The maximum Gasteiger partial charge on any atom is 0.127 e. The number of likely N-dealkylation sites (tertiary alicyclic amines) is 1. The molecular formula is C21H24N4O. The lowest BCUT2D eigenvalue weighted by molar-refractivity contribution is 0.0953. The topological polar surface area (TPSA) is 43.2 Å². The van der Waals surface area contributed by atoms with Crippen molar-refractivity contribution in [1.29, 1.82) is 0 Å². The van der Waals surface area contributed by atoms with E-state index in [-0.39, 0.29) is 6.10 Å². The van der Waals surface area contributed by atoms with Crippen LogP contribution in [-0.4, -0.2) is 38.6 Å². The highest BCUT2D eigenvalue weighted by Gasteiger charge is 2.22. The highest BCUT2D eigenvalue weighted by Crippen LogP contribution is 2.31. The molecule has 0 radical (unpaired) electrons. The first-order valence-electron chi connectivity index (χ1n) is 9.14. The molecule has 0 atom stereocenters. The summed E-state index contributed by atoms with van der Waals surface area (Å²) in [6, 6.07) is 12.3. The number of hydrogen-bond acceptors (Lipinski definition) is 4. The number of nitrogens with zero attached hydrogens (tertiary/aromatic N) is 4. The van der Waals surface area contributed by atoms with Crippen LogP contribution in [0.5, 0.6) is 5.75 Å². The Morgan fingerprint density at radius 1 is 1.04 bits per heavy atom. The number of ether oxygens (including phenoxy) is 1. The third-order valence-corrected chi connectivity index (χ3v) is 4.99. The Hall–Kier alpha value is -2.66. The zero-order valence-electron chi connectivity index (χ0n) is 15.1. The van der Waals surface area contributed by atoms with Crippen LogP contribution in [0.15, 0.2) is 61.2 Å². The molecule has 0 spiro atoms. The molecule has 3 aromatic rings. The van der Waals surface area contributed by atoms with Crippen LogP contribution < -0.4 is 4.74 Å². The molecule has 4 rings (SSSR count). The van der Waals surface area contributed by atoms with Crippen LogP contribution in [-0.2, 0) is 13.6 Å². The van der Waals surface area contributed by atoms with Crippen LogP contribution in [0, 0.1) is 0 Å². The van der Waals surface area contributed by atoms with Gasteiger partial charge in [-0.05, 0) is 36.6 Å². The van der Waals surface area contributed by atoms with Gasteiger partial charge >= 0.3 is 0 Å². The quantitative estimate of drug-likeness (QED) is 0.707. The van der Waals surface area contributed by atoms with Gasteiger partial charge in [0.05, 0.1) is 6.54 Å². The molecule has 134 valence electrons. The van der Waals surface area contributed by atoms with Gasteiger partial charge in [-0.15, -0.1) is 0 Å². The van der Waals surface area contributed by atoms with Crippen molar-refractivity contribution in [2.45, 2.75) is 25.5 Å². The normalized spacial score (nSPS) is 15.9. The summed E-state index contributed by atoms with van der Waals surface area (Å²) in [7, 11) is 2.05. The second-order valence-corrected chi connectivity index (χ2v) is 6.78. The first-order chi connectivity index (χ1) is 12.8. The van der Waals surface area contributed by atoms with Crippen molar-refractivity contribution in [3.8, 4) is 16.9 Å². The van der Waals surface area contributed by atoms with E-state index in [2.05, 4.69) is 37.6 Å². The molecule has 1 saturated heterocycles. The van der Waals surface area contributed by atoms with E-state index in [9.17, 15) is 0 Å². The molecule has 0 bridgehead atoms. The first kappa shape index (κ1) is 16.8. The Kier molecular flexibility index (Phi) is 4.97. The standard InChI is InChI=1S/C21H24N4O/c1-24-15-12-23-21(24)16-25-13-8-18(9-14-25)26-20-5-3-2-4-19(20)17-6-10-22-11-7-17/h2-7,10-12,15,18H,8-9,13-14,16H2,1H3. The molecule has 26 heavy (non-hydrogen) atoms. The summed E-state index contributed by atoms with van der Waals surface area (Å²) in [5.41, 5.74) is 2.27. The van der Waals surface area contributed by atoms with E-state index in [4.69, 9.17) is 4.74 Å². The van der Waals surface area contributed by atoms with Crippen molar-refractivity contribution in [2.75, 3.05) is 13.1 Å². The van der Waals surface area contributed by atoms with Crippen LogP contribution in [0.25, 0.3) is 11.1 Å². The Morgan fingerprint density at radius 3 is 2.54 bits per heavy atom. The fourth-order valence-corrected chi connectivity index (χ4v) is 3.45. The Morgan fingerprint density at radius 2 is 1.81 bits per heavy atom. The summed E-state index contributed by atoms with van der Waals surface area (Å²) in [5, 5.41) is 0. The number of benzene rings is 1. The summed E-state index contributed by atoms with van der Waals surface area (Å²) >= 11 is 0. The van der Waals surface area contributed by atoms with Gasteiger partial charge in [0, 0.05) is 50.5 Å². The van der Waals surface area contributed by atoms with Crippen LogP contribution in [0.1, 0.15) is 18.7 Å². The predicted octanol–water partition coefficient (Wildman–Crippen LogP) is 3.53. The molecule has 0 saturated carbocycles. The van der Waals surface area contributed by atoms with E-state index in [0.29, 0.717) is 0 Å². The lowest BCUT2D eigenvalue weighted by Gasteiger charge is -2.32. The van der Waals surface area contributed by atoms with E-state index in [1.807, 2.05) is 50.0 Å². The lowest BCUT2D eigenvalue weighted by atomic mass is 10.0. The highest BCUT2D eigenvalue weighted by molar-refractivity contribution is 5.69. The van der Waals surface area contributed by atoms with Crippen molar-refractivity contribution in [1.82, 2.24) is 19.4 Å². The van der Waals surface area contributed by atoms with E-state index < -0.39 is 0 Å². The number of pyridine rings is 1. The number of piperidine rings is 1. The molecule has 2 aromatic heterocycles. The third-order valence-electron chi connectivity index (χ3n) is 4.99. The molecule has 1 aliphatic heterocycles. The second kappa shape index (κ2) is 7.70. The second-order valence-electron chi connectivity index (χ2n) is 6.78. The smallest absolute Gasteiger partial charge is 0.127 e. The largest absolute Gasteiger partial charge is 0.490 e. The minimum Gasteiger partial charge on any atom is -0.490 e. The van der Waals surface area contributed by atoms with Crippen molar-refractivity contribution in [3.63, 3.8) is 0 Å². The number of aryl methyl sites for hydroxylation is 1. The summed E-state index contributed by atoms with van der Waals surface area (Å²) in [6.45, 7) is 2.98. The fourth-order valence-electron chi connectivity index (χ4n) is 3.45. The third kappa shape index (κ3) is 3.78. The predicted molar refractivity (Wildman–Crippen MR) is 102 cm³/mol. The SMILES string of the molecule is Cn1ccnc1CN1CCC(Oc2ccccc2-c2ccncc2)CC1. The lowest BCUT2D eigenvalue weighted by Crippen LogP contribution is -2.38. The van der Waals surface area contributed by atoms with Gasteiger partial charge in [0.1, 0.15) is 17.7 Å². The van der Waals surface area contributed by atoms with Crippen LogP contribution >= 0.6 is 0 Å². The molecule has 0 N–H and O–H groups in total. The minimum absolute atomic E-state index is 0.260. The van der Waals surface area contributed by atoms with Gasteiger partial charge < -0.3 is 9.30 Å². The molecule has 5 nitrogen and oxygen atoms in total. The van der Waals surface area contributed by atoms with Gasteiger partial charge in [0.2, 0.25) is 0 Å². The monoisotopic (exact) mass is 348 g/mol. The zero-order chi connectivity index (χ0) is 17.8. The van der Waals surface area contributed by atoms with Crippen molar-refractivity contribution >= 4 is 0 Å². The van der Waals surface area contributed by atoms with Crippen molar-refractivity contribution in [2.24, 2.45) is 7.05 Å². The molecule has 1 fully saturated rings. The fraction of sp³-hybridized carbons (Fsp3) is 0.333.